The lowest BCUT2D eigenvalue weighted by Gasteiger charge is -2.18. The molecule has 0 atom stereocenters. The second kappa shape index (κ2) is 6.81. The van der Waals surface area contributed by atoms with E-state index in [1.54, 1.807) is 14.2 Å². The molecule has 2 aromatic carbocycles. The molecule has 0 amide bonds. The first kappa shape index (κ1) is 16.3. The van der Waals surface area contributed by atoms with Gasteiger partial charge in [0.25, 0.3) is 0 Å². The molecule has 4 nitrogen and oxygen atoms in total. The number of ether oxygens (including phenoxy) is 2. The van der Waals surface area contributed by atoms with Crippen LogP contribution in [-0.2, 0) is 13.2 Å². The predicted molar refractivity (Wildman–Crippen MR) is 86.3 cm³/mol. The Kier molecular flexibility index (Phi) is 5.06. The van der Waals surface area contributed by atoms with Crippen molar-refractivity contribution in [2.24, 2.45) is 0 Å². The third kappa shape index (κ3) is 2.67. The predicted octanol–water partition coefficient (Wildman–Crippen LogP) is 2.97. The standard InChI is InChI=1S/C18H22O4/c1-11-13(5-7-17(21-3)15(11)9-19)14-6-8-18(22-4)16(10-20)12(14)2/h5-8,19-20H,9-10H2,1-4H3. The number of aliphatic hydroxyl groups is 2. The molecule has 2 aromatic rings. The van der Waals surface area contributed by atoms with Gasteiger partial charge in [0.15, 0.2) is 0 Å². The maximum absolute atomic E-state index is 9.61. The average molecular weight is 302 g/mol. The van der Waals surface area contributed by atoms with Gasteiger partial charge in [0, 0.05) is 11.1 Å². The highest BCUT2D eigenvalue weighted by atomic mass is 16.5. The number of hydrogen-bond acceptors (Lipinski definition) is 4. The van der Waals surface area contributed by atoms with Crippen molar-refractivity contribution in [2.75, 3.05) is 14.2 Å². The molecule has 0 spiro atoms. The summed E-state index contributed by atoms with van der Waals surface area (Å²) < 4.78 is 10.6. The number of hydrogen-bond donors (Lipinski definition) is 2. The summed E-state index contributed by atoms with van der Waals surface area (Å²) in [6, 6.07) is 7.67. The molecule has 0 aromatic heterocycles. The van der Waals surface area contributed by atoms with E-state index in [9.17, 15) is 10.2 Å². The zero-order chi connectivity index (χ0) is 16.3. The van der Waals surface area contributed by atoms with E-state index in [0.29, 0.717) is 11.5 Å². The van der Waals surface area contributed by atoms with E-state index in [0.717, 1.165) is 33.4 Å². The summed E-state index contributed by atoms with van der Waals surface area (Å²) in [5.41, 5.74) is 5.53. The number of benzene rings is 2. The highest BCUT2D eigenvalue weighted by molar-refractivity contribution is 5.75. The van der Waals surface area contributed by atoms with E-state index in [-0.39, 0.29) is 13.2 Å². The molecule has 0 unspecified atom stereocenters. The van der Waals surface area contributed by atoms with Crippen molar-refractivity contribution in [3.05, 3.63) is 46.5 Å². The number of aliphatic hydroxyl groups excluding tert-OH is 2. The summed E-state index contributed by atoms with van der Waals surface area (Å²) in [5, 5.41) is 19.2. The van der Waals surface area contributed by atoms with E-state index in [1.807, 2.05) is 38.1 Å². The van der Waals surface area contributed by atoms with Gasteiger partial charge >= 0.3 is 0 Å². The smallest absolute Gasteiger partial charge is 0.124 e. The molecule has 0 heterocycles. The SMILES string of the molecule is COc1ccc(-c2ccc(OC)c(CO)c2C)c(C)c1CO. The van der Waals surface area contributed by atoms with E-state index >= 15 is 0 Å². The molecule has 2 N–H and O–H groups in total. The van der Waals surface area contributed by atoms with Crippen molar-refractivity contribution in [3.63, 3.8) is 0 Å². The second-order valence-corrected chi connectivity index (χ2v) is 5.15. The molecule has 0 fully saturated rings. The Morgan fingerprint density at radius 3 is 1.36 bits per heavy atom. The molecule has 2 rings (SSSR count). The molecular formula is C18H22O4. The largest absolute Gasteiger partial charge is 0.496 e. The Balaban J connectivity index is 2.67. The zero-order valence-corrected chi connectivity index (χ0v) is 13.4. The fourth-order valence-electron chi connectivity index (χ4n) is 2.82. The molecule has 0 aliphatic heterocycles. The fraction of sp³-hybridized carbons (Fsp3) is 0.333. The number of rotatable bonds is 5. The van der Waals surface area contributed by atoms with Gasteiger partial charge in [0.1, 0.15) is 11.5 Å². The normalized spacial score (nSPS) is 10.6. The average Bonchev–Trinajstić information content (AvgIpc) is 2.54. The molecule has 0 saturated carbocycles. The summed E-state index contributed by atoms with van der Waals surface area (Å²) in [7, 11) is 3.19. The molecule has 118 valence electrons. The Morgan fingerprint density at radius 1 is 0.727 bits per heavy atom. The van der Waals surface area contributed by atoms with Crippen LogP contribution in [0.25, 0.3) is 11.1 Å². The lowest BCUT2D eigenvalue weighted by atomic mass is 9.91. The van der Waals surface area contributed by atoms with Crippen LogP contribution < -0.4 is 9.47 Å². The maximum Gasteiger partial charge on any atom is 0.124 e. The second-order valence-electron chi connectivity index (χ2n) is 5.15. The molecule has 4 heteroatoms. The lowest BCUT2D eigenvalue weighted by Crippen LogP contribution is -2.01. The quantitative estimate of drug-likeness (QED) is 0.891. The first-order chi connectivity index (χ1) is 10.6. The first-order valence-corrected chi connectivity index (χ1v) is 7.14. The van der Waals surface area contributed by atoms with Crippen LogP contribution in [0.5, 0.6) is 11.5 Å². The maximum atomic E-state index is 9.61. The van der Waals surface area contributed by atoms with Crippen LogP contribution in [0.15, 0.2) is 24.3 Å². The van der Waals surface area contributed by atoms with E-state index in [4.69, 9.17) is 9.47 Å². The Bertz CT molecular complexity index is 618. The van der Waals surface area contributed by atoms with Crippen molar-refractivity contribution in [1.29, 1.82) is 0 Å². The van der Waals surface area contributed by atoms with Gasteiger partial charge in [-0.05, 0) is 48.2 Å². The van der Waals surface area contributed by atoms with Gasteiger partial charge in [0.05, 0.1) is 27.4 Å². The third-order valence-corrected chi connectivity index (χ3v) is 4.16. The zero-order valence-electron chi connectivity index (χ0n) is 13.4. The van der Waals surface area contributed by atoms with Gasteiger partial charge in [-0.25, -0.2) is 0 Å². The van der Waals surface area contributed by atoms with Crippen molar-refractivity contribution in [2.45, 2.75) is 27.1 Å². The van der Waals surface area contributed by atoms with Crippen LogP contribution in [0.3, 0.4) is 0 Å². The highest BCUT2D eigenvalue weighted by Gasteiger charge is 2.16. The van der Waals surface area contributed by atoms with Crippen LogP contribution in [0.4, 0.5) is 0 Å². The lowest BCUT2D eigenvalue weighted by molar-refractivity contribution is 0.272. The van der Waals surface area contributed by atoms with Crippen molar-refractivity contribution >= 4 is 0 Å². The van der Waals surface area contributed by atoms with Crippen molar-refractivity contribution in [1.82, 2.24) is 0 Å². The van der Waals surface area contributed by atoms with Crippen molar-refractivity contribution in [3.8, 4) is 22.6 Å². The summed E-state index contributed by atoms with van der Waals surface area (Å²) in [5.74, 6) is 1.36. The van der Waals surface area contributed by atoms with Gasteiger partial charge in [0.2, 0.25) is 0 Å². The van der Waals surface area contributed by atoms with Crippen LogP contribution >= 0.6 is 0 Å². The topological polar surface area (TPSA) is 58.9 Å². The molecule has 0 radical (unpaired) electrons. The minimum Gasteiger partial charge on any atom is -0.496 e. The first-order valence-electron chi connectivity index (χ1n) is 7.14. The fourth-order valence-corrected chi connectivity index (χ4v) is 2.82. The van der Waals surface area contributed by atoms with E-state index < -0.39 is 0 Å². The molecule has 0 saturated heterocycles. The van der Waals surface area contributed by atoms with Crippen molar-refractivity contribution < 1.29 is 19.7 Å². The summed E-state index contributed by atoms with van der Waals surface area (Å²) in [4.78, 5) is 0. The summed E-state index contributed by atoms with van der Waals surface area (Å²) in [6.07, 6.45) is 0. The van der Waals surface area contributed by atoms with Gasteiger partial charge in [-0.2, -0.15) is 0 Å². The van der Waals surface area contributed by atoms with Crippen LogP contribution in [0, 0.1) is 13.8 Å². The summed E-state index contributed by atoms with van der Waals surface area (Å²) in [6.45, 7) is 3.77. The van der Waals surface area contributed by atoms with Crippen LogP contribution in [0.1, 0.15) is 22.3 Å². The molecule has 0 bridgehead atoms. The van der Waals surface area contributed by atoms with Gasteiger partial charge in [-0.15, -0.1) is 0 Å². The van der Waals surface area contributed by atoms with Gasteiger partial charge in [-0.1, -0.05) is 12.1 Å². The van der Waals surface area contributed by atoms with Gasteiger partial charge < -0.3 is 19.7 Å². The molecule has 22 heavy (non-hydrogen) atoms. The minimum atomic E-state index is -0.0785. The minimum absolute atomic E-state index is 0.0785. The highest BCUT2D eigenvalue weighted by Crippen LogP contribution is 2.36. The van der Waals surface area contributed by atoms with Crippen LogP contribution in [-0.4, -0.2) is 24.4 Å². The third-order valence-electron chi connectivity index (χ3n) is 4.16. The molecule has 0 aliphatic rings. The Labute approximate surface area is 130 Å². The molecular weight excluding hydrogens is 280 g/mol. The van der Waals surface area contributed by atoms with Gasteiger partial charge in [-0.3, -0.25) is 0 Å². The monoisotopic (exact) mass is 302 g/mol. The summed E-state index contributed by atoms with van der Waals surface area (Å²) >= 11 is 0. The van der Waals surface area contributed by atoms with E-state index in [2.05, 4.69) is 0 Å². The Hall–Kier alpha value is -2.04. The molecule has 0 aliphatic carbocycles. The Morgan fingerprint density at radius 2 is 1.09 bits per heavy atom. The van der Waals surface area contributed by atoms with Crippen LogP contribution in [0.2, 0.25) is 0 Å². The number of methoxy groups -OCH3 is 2. The van der Waals surface area contributed by atoms with E-state index in [1.165, 1.54) is 0 Å².